The standard InChI is InChI=1S/C24H25N5O2S/c1-17-3-7-19(8-4-17)22-25-20(15-31-22)16-32-24-27-26-23(28-11-13-30-14-12-28)29(24)21-9-5-18(2)6-10-21/h3-10,15H,11-14,16H2,1-2H3. The molecule has 1 saturated heterocycles. The number of anilines is 1. The number of hydrogen-bond acceptors (Lipinski definition) is 7. The SMILES string of the molecule is Cc1ccc(-c2nc(CSc3nnc(N4CCOCC4)n3-c3ccc(C)cc3)co2)cc1. The summed E-state index contributed by atoms with van der Waals surface area (Å²) >= 11 is 1.60. The van der Waals surface area contributed by atoms with E-state index in [1.807, 2.05) is 12.1 Å². The van der Waals surface area contributed by atoms with E-state index >= 15 is 0 Å². The Labute approximate surface area is 191 Å². The van der Waals surface area contributed by atoms with Crippen molar-refractivity contribution in [3.63, 3.8) is 0 Å². The van der Waals surface area contributed by atoms with E-state index in [-0.39, 0.29) is 0 Å². The molecule has 0 amide bonds. The van der Waals surface area contributed by atoms with Gasteiger partial charge in [-0.3, -0.25) is 4.57 Å². The average molecular weight is 448 g/mol. The van der Waals surface area contributed by atoms with Crippen molar-refractivity contribution in [2.45, 2.75) is 24.8 Å². The molecule has 1 aliphatic rings. The molecule has 0 saturated carbocycles. The van der Waals surface area contributed by atoms with Crippen molar-refractivity contribution < 1.29 is 9.15 Å². The Morgan fingerprint density at radius 2 is 1.59 bits per heavy atom. The predicted octanol–water partition coefficient (Wildman–Crippen LogP) is 4.67. The molecule has 0 spiro atoms. The number of hydrogen-bond donors (Lipinski definition) is 0. The van der Waals surface area contributed by atoms with Gasteiger partial charge in [-0.05, 0) is 38.1 Å². The summed E-state index contributed by atoms with van der Waals surface area (Å²) in [6.45, 7) is 7.16. The third kappa shape index (κ3) is 4.42. The van der Waals surface area contributed by atoms with E-state index in [1.54, 1.807) is 18.0 Å². The number of ether oxygens (including phenoxy) is 1. The van der Waals surface area contributed by atoms with Gasteiger partial charge in [-0.25, -0.2) is 4.98 Å². The lowest BCUT2D eigenvalue weighted by Gasteiger charge is -2.27. The normalized spacial score (nSPS) is 14.1. The molecule has 0 unspecified atom stereocenters. The maximum absolute atomic E-state index is 5.72. The predicted molar refractivity (Wildman–Crippen MR) is 125 cm³/mol. The molecule has 0 aliphatic carbocycles. The van der Waals surface area contributed by atoms with Crippen LogP contribution < -0.4 is 4.90 Å². The second-order valence-corrected chi connectivity index (χ2v) is 8.79. The molecular formula is C24H25N5O2S. The van der Waals surface area contributed by atoms with Gasteiger partial charge in [0.1, 0.15) is 6.26 Å². The molecule has 164 valence electrons. The second kappa shape index (κ2) is 9.18. The van der Waals surface area contributed by atoms with Gasteiger partial charge in [0.25, 0.3) is 0 Å². The Kier molecular flexibility index (Phi) is 5.96. The zero-order valence-corrected chi connectivity index (χ0v) is 19.0. The fourth-order valence-corrected chi connectivity index (χ4v) is 4.41. The van der Waals surface area contributed by atoms with Gasteiger partial charge in [0, 0.05) is 24.4 Å². The van der Waals surface area contributed by atoms with E-state index in [0.717, 1.165) is 41.1 Å². The number of oxazole rings is 1. The maximum Gasteiger partial charge on any atom is 0.232 e. The number of aryl methyl sites for hydroxylation is 2. The van der Waals surface area contributed by atoms with Gasteiger partial charge in [0.15, 0.2) is 5.16 Å². The molecule has 1 aliphatic heterocycles. The van der Waals surface area contributed by atoms with E-state index in [0.29, 0.717) is 24.9 Å². The zero-order chi connectivity index (χ0) is 21.9. The molecular weight excluding hydrogens is 422 g/mol. The summed E-state index contributed by atoms with van der Waals surface area (Å²) in [4.78, 5) is 6.89. The Balaban J connectivity index is 1.39. The minimum absolute atomic E-state index is 0.634. The van der Waals surface area contributed by atoms with Crippen LogP contribution in [-0.4, -0.2) is 46.1 Å². The van der Waals surface area contributed by atoms with Gasteiger partial charge in [-0.15, -0.1) is 10.2 Å². The molecule has 8 heteroatoms. The highest BCUT2D eigenvalue weighted by atomic mass is 32.2. The number of morpholine rings is 1. The van der Waals surface area contributed by atoms with Crippen LogP contribution in [0, 0.1) is 13.8 Å². The highest BCUT2D eigenvalue weighted by Gasteiger charge is 2.22. The summed E-state index contributed by atoms with van der Waals surface area (Å²) in [5.41, 5.74) is 5.32. The van der Waals surface area contributed by atoms with Crippen LogP contribution in [0.5, 0.6) is 0 Å². The monoisotopic (exact) mass is 447 g/mol. The van der Waals surface area contributed by atoms with Gasteiger partial charge >= 0.3 is 0 Å². The highest BCUT2D eigenvalue weighted by molar-refractivity contribution is 7.98. The Morgan fingerprint density at radius 1 is 0.906 bits per heavy atom. The van der Waals surface area contributed by atoms with Crippen LogP contribution in [-0.2, 0) is 10.5 Å². The van der Waals surface area contributed by atoms with Crippen molar-refractivity contribution in [1.82, 2.24) is 19.7 Å². The molecule has 0 radical (unpaired) electrons. The van der Waals surface area contributed by atoms with Crippen LogP contribution in [0.3, 0.4) is 0 Å². The van der Waals surface area contributed by atoms with Crippen molar-refractivity contribution in [3.8, 4) is 17.1 Å². The van der Waals surface area contributed by atoms with Gasteiger partial charge in [0.2, 0.25) is 11.8 Å². The minimum atomic E-state index is 0.634. The van der Waals surface area contributed by atoms with Crippen molar-refractivity contribution in [2.75, 3.05) is 31.2 Å². The van der Waals surface area contributed by atoms with Crippen LogP contribution >= 0.6 is 11.8 Å². The van der Waals surface area contributed by atoms with Crippen molar-refractivity contribution in [3.05, 3.63) is 71.6 Å². The number of thioether (sulfide) groups is 1. The first-order valence-corrected chi connectivity index (χ1v) is 11.7. The molecule has 3 heterocycles. The van der Waals surface area contributed by atoms with Crippen LogP contribution in [0.2, 0.25) is 0 Å². The summed E-state index contributed by atoms with van der Waals surface area (Å²) in [6.07, 6.45) is 1.72. The quantitative estimate of drug-likeness (QED) is 0.398. The molecule has 0 N–H and O–H groups in total. The summed E-state index contributed by atoms with van der Waals surface area (Å²) in [5, 5.41) is 9.87. The second-order valence-electron chi connectivity index (χ2n) is 7.85. The van der Waals surface area contributed by atoms with E-state index in [2.05, 4.69) is 74.9 Å². The lowest BCUT2D eigenvalue weighted by atomic mass is 10.1. The third-order valence-electron chi connectivity index (χ3n) is 5.40. The first-order valence-electron chi connectivity index (χ1n) is 10.7. The Hall–Kier alpha value is -3.10. The smallest absolute Gasteiger partial charge is 0.232 e. The van der Waals surface area contributed by atoms with Crippen LogP contribution in [0.4, 0.5) is 5.95 Å². The van der Waals surface area contributed by atoms with Crippen LogP contribution in [0.1, 0.15) is 16.8 Å². The van der Waals surface area contributed by atoms with Crippen molar-refractivity contribution >= 4 is 17.7 Å². The number of benzene rings is 2. The maximum atomic E-state index is 5.72. The van der Waals surface area contributed by atoms with E-state index in [4.69, 9.17) is 9.15 Å². The van der Waals surface area contributed by atoms with Gasteiger partial charge in [-0.1, -0.05) is 47.2 Å². The molecule has 1 fully saturated rings. The lowest BCUT2D eigenvalue weighted by molar-refractivity contribution is 0.122. The first-order chi connectivity index (χ1) is 15.7. The molecule has 2 aromatic heterocycles. The molecule has 0 atom stereocenters. The van der Waals surface area contributed by atoms with E-state index in [1.165, 1.54) is 11.1 Å². The van der Waals surface area contributed by atoms with E-state index < -0.39 is 0 Å². The third-order valence-corrected chi connectivity index (χ3v) is 6.36. The molecule has 32 heavy (non-hydrogen) atoms. The highest BCUT2D eigenvalue weighted by Crippen LogP contribution is 2.30. The average Bonchev–Trinajstić information content (AvgIpc) is 3.47. The first kappa shape index (κ1) is 20.8. The van der Waals surface area contributed by atoms with Gasteiger partial charge in [-0.2, -0.15) is 0 Å². The van der Waals surface area contributed by atoms with E-state index in [9.17, 15) is 0 Å². The molecule has 0 bridgehead atoms. The lowest BCUT2D eigenvalue weighted by Crippen LogP contribution is -2.37. The molecule has 2 aromatic carbocycles. The van der Waals surface area contributed by atoms with Gasteiger partial charge in [0.05, 0.1) is 24.6 Å². The van der Waals surface area contributed by atoms with Crippen LogP contribution in [0.15, 0.2) is 64.4 Å². The summed E-state index contributed by atoms with van der Waals surface area (Å²) in [7, 11) is 0. The van der Waals surface area contributed by atoms with Crippen LogP contribution in [0.25, 0.3) is 17.1 Å². The van der Waals surface area contributed by atoms with Crippen molar-refractivity contribution in [1.29, 1.82) is 0 Å². The van der Waals surface area contributed by atoms with Crippen molar-refractivity contribution in [2.24, 2.45) is 0 Å². The summed E-state index contributed by atoms with van der Waals surface area (Å²) in [6, 6.07) is 16.6. The number of rotatable bonds is 6. The molecule has 7 nitrogen and oxygen atoms in total. The fourth-order valence-electron chi connectivity index (χ4n) is 3.58. The Bertz CT molecular complexity index is 1180. The Morgan fingerprint density at radius 3 is 2.31 bits per heavy atom. The number of aromatic nitrogens is 4. The zero-order valence-electron chi connectivity index (χ0n) is 18.2. The summed E-state index contributed by atoms with van der Waals surface area (Å²) in [5.74, 6) is 2.12. The minimum Gasteiger partial charge on any atom is -0.444 e. The summed E-state index contributed by atoms with van der Waals surface area (Å²) < 4.78 is 13.4. The number of nitrogens with zero attached hydrogens (tertiary/aromatic N) is 5. The fraction of sp³-hybridized carbons (Fsp3) is 0.292. The molecule has 5 rings (SSSR count). The topological polar surface area (TPSA) is 69.2 Å². The largest absolute Gasteiger partial charge is 0.444 e. The van der Waals surface area contributed by atoms with Gasteiger partial charge < -0.3 is 14.1 Å². The molecule has 4 aromatic rings.